The van der Waals surface area contributed by atoms with Crippen LogP contribution in [0.5, 0.6) is 0 Å². The van der Waals surface area contributed by atoms with E-state index in [9.17, 15) is 0 Å². The predicted octanol–water partition coefficient (Wildman–Crippen LogP) is 10.7. The van der Waals surface area contributed by atoms with Gasteiger partial charge in [0, 0.05) is 22.4 Å². The smallest absolute Gasteiger partial charge is 0.0576 e. The fourth-order valence-corrected chi connectivity index (χ4v) is 8.02. The van der Waals surface area contributed by atoms with Gasteiger partial charge in [0.25, 0.3) is 0 Å². The van der Waals surface area contributed by atoms with Gasteiger partial charge in [-0.1, -0.05) is 138 Å². The van der Waals surface area contributed by atoms with Crippen LogP contribution in [0.2, 0.25) is 0 Å². The summed E-state index contributed by atoms with van der Waals surface area (Å²) in [4.78, 5) is 2.58. The van der Waals surface area contributed by atoms with Gasteiger partial charge in [0.15, 0.2) is 0 Å². The van der Waals surface area contributed by atoms with E-state index in [4.69, 9.17) is 0 Å². The summed E-state index contributed by atoms with van der Waals surface area (Å²) < 4.78 is 0. The quantitative estimate of drug-likeness (QED) is 0.180. The standard InChI is InChI=1S/C46H41N/c1-29(2)38-25-20-34-27-32(5)26-33-18-19-35(45(38)44(33)34)28-43-39-10-6-8-12-41(39)46(42-13-9-7-11-40(42)43)47(36-21-14-30(3)15-22-36)37-23-16-31(4)17-24-37/h6-19,21-23,25-28,34,37H,1,20,24H2,2-5H3/b35-28+. The molecule has 47 heavy (non-hydrogen) atoms. The molecule has 0 spiro atoms. The topological polar surface area (TPSA) is 3.24 Å². The molecule has 0 bridgehead atoms. The van der Waals surface area contributed by atoms with Crippen LogP contribution in [0.1, 0.15) is 61.8 Å². The van der Waals surface area contributed by atoms with E-state index in [0.717, 1.165) is 18.4 Å². The molecule has 230 valence electrons. The Hall–Kier alpha value is -5.14. The van der Waals surface area contributed by atoms with Crippen LogP contribution >= 0.6 is 0 Å². The van der Waals surface area contributed by atoms with Gasteiger partial charge in [-0.15, -0.1) is 0 Å². The van der Waals surface area contributed by atoms with Crippen LogP contribution in [-0.2, 0) is 0 Å². The van der Waals surface area contributed by atoms with Crippen LogP contribution in [0.25, 0.3) is 39.3 Å². The van der Waals surface area contributed by atoms with Crippen LogP contribution in [-0.4, -0.2) is 6.04 Å². The largest absolute Gasteiger partial charge is 0.333 e. The van der Waals surface area contributed by atoms with Crippen LogP contribution in [0.4, 0.5) is 11.4 Å². The highest BCUT2D eigenvalue weighted by Crippen LogP contribution is 2.44. The SMILES string of the molecule is C=C(C)C1=CCC2C=C(C)C=c3cc/c(=C\c4c5ccccc5c(N(c5ccc(C)cc5)C5C=CC(C)=CC5)c5ccccc45)c1c32. The number of aryl methyl sites for hydroxylation is 1. The first kappa shape index (κ1) is 29.3. The molecule has 5 aromatic rings. The maximum atomic E-state index is 4.43. The van der Waals surface area contributed by atoms with E-state index in [-0.39, 0.29) is 6.04 Å². The van der Waals surface area contributed by atoms with Crippen molar-refractivity contribution in [3.05, 3.63) is 171 Å². The lowest BCUT2D eigenvalue weighted by Gasteiger charge is -2.35. The van der Waals surface area contributed by atoms with Crippen molar-refractivity contribution < 1.29 is 0 Å². The molecule has 2 atom stereocenters. The minimum atomic E-state index is 0.209. The van der Waals surface area contributed by atoms with E-state index < -0.39 is 0 Å². The highest BCUT2D eigenvalue weighted by molar-refractivity contribution is 6.17. The van der Waals surface area contributed by atoms with Gasteiger partial charge in [0.2, 0.25) is 0 Å². The second-order valence-electron chi connectivity index (χ2n) is 13.6. The van der Waals surface area contributed by atoms with E-state index in [1.54, 1.807) is 0 Å². The molecular weight excluding hydrogens is 567 g/mol. The van der Waals surface area contributed by atoms with Gasteiger partial charge in [-0.2, -0.15) is 0 Å². The summed E-state index contributed by atoms with van der Waals surface area (Å²) in [5.74, 6) is 0.404. The Labute approximate surface area is 278 Å². The first-order chi connectivity index (χ1) is 22.9. The second kappa shape index (κ2) is 11.6. The third-order valence-electron chi connectivity index (χ3n) is 10.2. The maximum Gasteiger partial charge on any atom is 0.0576 e. The molecule has 1 heteroatoms. The number of anilines is 2. The zero-order valence-electron chi connectivity index (χ0n) is 27.8. The molecule has 0 aliphatic heterocycles. The average Bonchev–Trinajstić information content (AvgIpc) is 3.08. The summed E-state index contributed by atoms with van der Waals surface area (Å²) in [6, 6.07) is 31.9. The Morgan fingerprint density at radius 1 is 0.766 bits per heavy atom. The molecule has 8 rings (SSSR count). The molecule has 0 amide bonds. The Morgan fingerprint density at radius 3 is 2.09 bits per heavy atom. The number of hydrogen-bond acceptors (Lipinski definition) is 1. The third kappa shape index (κ3) is 5.02. The lowest BCUT2D eigenvalue weighted by molar-refractivity contribution is 0.783. The number of rotatable bonds is 5. The molecule has 1 nitrogen and oxygen atoms in total. The van der Waals surface area contributed by atoms with Crippen molar-refractivity contribution in [3.8, 4) is 0 Å². The maximum absolute atomic E-state index is 4.43. The van der Waals surface area contributed by atoms with Crippen LogP contribution in [0.15, 0.2) is 139 Å². The molecule has 0 heterocycles. The molecule has 0 saturated heterocycles. The van der Waals surface area contributed by atoms with Crippen molar-refractivity contribution in [2.45, 2.75) is 52.5 Å². The van der Waals surface area contributed by atoms with Crippen LogP contribution in [0.3, 0.4) is 0 Å². The van der Waals surface area contributed by atoms with Gasteiger partial charge in [-0.3, -0.25) is 0 Å². The molecule has 3 aliphatic carbocycles. The second-order valence-corrected chi connectivity index (χ2v) is 13.6. The van der Waals surface area contributed by atoms with Gasteiger partial charge in [0.05, 0.1) is 11.7 Å². The minimum Gasteiger partial charge on any atom is -0.333 e. The first-order valence-electron chi connectivity index (χ1n) is 16.9. The van der Waals surface area contributed by atoms with E-state index in [1.165, 1.54) is 82.3 Å². The van der Waals surface area contributed by atoms with E-state index in [2.05, 4.69) is 167 Å². The van der Waals surface area contributed by atoms with Crippen molar-refractivity contribution in [2.24, 2.45) is 0 Å². The number of fused-ring (bicyclic) bond motifs is 2. The highest BCUT2D eigenvalue weighted by Gasteiger charge is 2.27. The lowest BCUT2D eigenvalue weighted by atomic mass is 9.76. The molecule has 0 fully saturated rings. The van der Waals surface area contributed by atoms with Gasteiger partial charge in [-0.25, -0.2) is 0 Å². The van der Waals surface area contributed by atoms with E-state index in [0.29, 0.717) is 5.92 Å². The molecule has 0 saturated carbocycles. The molecule has 0 aromatic heterocycles. The zero-order chi connectivity index (χ0) is 32.2. The fraction of sp³-hybridized carbons (Fsp3) is 0.174. The van der Waals surface area contributed by atoms with Gasteiger partial charge < -0.3 is 4.90 Å². The third-order valence-corrected chi connectivity index (χ3v) is 10.2. The molecule has 3 aliphatic rings. The molecular formula is C46H41N. The van der Waals surface area contributed by atoms with Crippen molar-refractivity contribution in [2.75, 3.05) is 4.90 Å². The summed E-state index contributed by atoms with van der Waals surface area (Å²) >= 11 is 0. The zero-order valence-corrected chi connectivity index (χ0v) is 27.8. The van der Waals surface area contributed by atoms with Crippen molar-refractivity contribution in [3.63, 3.8) is 0 Å². The first-order valence-corrected chi connectivity index (χ1v) is 16.9. The number of nitrogens with zero attached hydrogens (tertiary/aromatic N) is 1. The van der Waals surface area contributed by atoms with E-state index >= 15 is 0 Å². The number of benzene rings is 5. The Kier molecular flexibility index (Phi) is 7.22. The fourth-order valence-electron chi connectivity index (χ4n) is 8.02. The molecule has 0 N–H and O–H groups in total. The summed E-state index contributed by atoms with van der Waals surface area (Å²) in [6.45, 7) is 13.2. The highest BCUT2D eigenvalue weighted by atomic mass is 15.2. The van der Waals surface area contributed by atoms with Crippen molar-refractivity contribution in [1.29, 1.82) is 0 Å². The monoisotopic (exact) mass is 607 g/mol. The lowest BCUT2D eigenvalue weighted by Crippen LogP contribution is -2.30. The Balaban J connectivity index is 1.45. The summed E-state index contributed by atoms with van der Waals surface area (Å²) in [7, 11) is 0. The molecule has 2 unspecified atom stereocenters. The number of hydrogen-bond donors (Lipinski definition) is 0. The Bertz CT molecular complexity index is 2300. The van der Waals surface area contributed by atoms with Gasteiger partial charge in [-0.05, 0) is 102 Å². The summed E-state index contributed by atoms with van der Waals surface area (Å²) in [6.07, 6.45) is 18.7. The van der Waals surface area contributed by atoms with Crippen LogP contribution in [0, 0.1) is 6.92 Å². The van der Waals surface area contributed by atoms with Crippen molar-refractivity contribution in [1.82, 2.24) is 0 Å². The van der Waals surface area contributed by atoms with E-state index in [1.807, 2.05) is 0 Å². The predicted molar refractivity (Wildman–Crippen MR) is 204 cm³/mol. The van der Waals surface area contributed by atoms with Crippen molar-refractivity contribution >= 4 is 50.6 Å². The van der Waals surface area contributed by atoms with Gasteiger partial charge in [0.1, 0.15) is 0 Å². The molecule has 0 radical (unpaired) electrons. The molecule has 5 aromatic carbocycles. The minimum absolute atomic E-state index is 0.209. The summed E-state index contributed by atoms with van der Waals surface area (Å²) in [5, 5.41) is 7.68. The normalized spacial score (nSPS) is 18.7. The average molecular weight is 608 g/mol. The Morgan fingerprint density at radius 2 is 1.45 bits per heavy atom. The number of allylic oxidation sites excluding steroid dienone is 7. The van der Waals surface area contributed by atoms with Gasteiger partial charge >= 0.3 is 0 Å². The van der Waals surface area contributed by atoms with Crippen LogP contribution < -0.4 is 15.3 Å². The summed E-state index contributed by atoms with van der Waals surface area (Å²) in [5.41, 5.74) is 12.9.